The smallest absolute Gasteiger partial charge is 0.271 e. The van der Waals surface area contributed by atoms with Gasteiger partial charge in [0, 0.05) is 28.3 Å². The molecule has 1 N–H and O–H groups in total. The summed E-state index contributed by atoms with van der Waals surface area (Å²) in [5, 5.41) is 15.4. The molecule has 0 saturated heterocycles. The molecule has 1 amide bonds. The van der Waals surface area contributed by atoms with Crippen LogP contribution in [-0.4, -0.2) is 24.2 Å². The molecule has 0 spiro atoms. The molecule has 0 fully saturated rings. The molecule has 0 atom stereocenters. The van der Waals surface area contributed by atoms with Crippen LogP contribution >= 0.6 is 11.6 Å². The van der Waals surface area contributed by atoms with Gasteiger partial charge in [0.15, 0.2) is 11.5 Å². The number of halogens is 1. The standard InChI is InChI=1S/C25H22ClN3O5/c1-3-4-20-13-18(15-27-28-25(30)19-7-9-21(26)10-8-19)14-23(33-2)24(20)34-16-17-5-11-22(12-6-17)29(31)32/h3,5-15H,1,4,16H2,2H3,(H,28,30)/b27-15-. The van der Waals surface area contributed by atoms with Gasteiger partial charge in [0.2, 0.25) is 0 Å². The second-order valence-corrected chi connectivity index (χ2v) is 7.56. The zero-order valence-electron chi connectivity index (χ0n) is 18.4. The second kappa shape index (κ2) is 11.6. The summed E-state index contributed by atoms with van der Waals surface area (Å²) in [7, 11) is 1.52. The molecule has 0 heterocycles. The van der Waals surface area contributed by atoms with Crippen molar-refractivity contribution in [2.45, 2.75) is 13.0 Å². The van der Waals surface area contributed by atoms with Crippen molar-refractivity contribution in [2.75, 3.05) is 7.11 Å². The van der Waals surface area contributed by atoms with Crippen LogP contribution in [0.3, 0.4) is 0 Å². The van der Waals surface area contributed by atoms with Gasteiger partial charge in [0.25, 0.3) is 11.6 Å². The minimum Gasteiger partial charge on any atom is -0.493 e. The van der Waals surface area contributed by atoms with Crippen molar-refractivity contribution in [1.82, 2.24) is 5.43 Å². The van der Waals surface area contributed by atoms with Crippen LogP contribution in [-0.2, 0) is 13.0 Å². The summed E-state index contributed by atoms with van der Waals surface area (Å²) in [6.45, 7) is 3.99. The Kier molecular flexibility index (Phi) is 8.37. The highest BCUT2D eigenvalue weighted by Crippen LogP contribution is 2.34. The number of benzene rings is 3. The van der Waals surface area contributed by atoms with Crippen LogP contribution < -0.4 is 14.9 Å². The Morgan fingerprint density at radius 1 is 1.18 bits per heavy atom. The maximum atomic E-state index is 12.2. The SMILES string of the molecule is C=CCc1cc(/C=N\NC(=O)c2ccc(Cl)cc2)cc(OC)c1OCc1ccc([N+](=O)[O-])cc1. The fourth-order valence-electron chi connectivity index (χ4n) is 3.08. The van der Waals surface area contributed by atoms with E-state index < -0.39 is 4.92 Å². The fourth-order valence-corrected chi connectivity index (χ4v) is 3.21. The van der Waals surface area contributed by atoms with E-state index in [1.165, 1.54) is 25.5 Å². The number of carbonyl (C=O) groups is 1. The fraction of sp³-hybridized carbons (Fsp3) is 0.120. The maximum absolute atomic E-state index is 12.2. The molecule has 3 rings (SSSR count). The molecule has 0 aliphatic heterocycles. The first-order valence-electron chi connectivity index (χ1n) is 10.2. The van der Waals surface area contributed by atoms with Crippen molar-refractivity contribution >= 4 is 29.4 Å². The summed E-state index contributed by atoms with van der Waals surface area (Å²) in [5.74, 6) is 0.643. The lowest BCUT2D eigenvalue weighted by molar-refractivity contribution is -0.384. The number of allylic oxidation sites excluding steroid dienone is 1. The number of nitro groups is 1. The molecule has 0 aliphatic carbocycles. The summed E-state index contributed by atoms with van der Waals surface area (Å²) >= 11 is 5.84. The highest BCUT2D eigenvalue weighted by Gasteiger charge is 2.13. The van der Waals surface area contributed by atoms with Crippen LogP contribution in [0, 0.1) is 10.1 Å². The number of hydrogen-bond donors (Lipinski definition) is 1. The van der Waals surface area contributed by atoms with Crippen LogP contribution in [0.1, 0.15) is 27.0 Å². The van der Waals surface area contributed by atoms with E-state index in [0.29, 0.717) is 34.1 Å². The van der Waals surface area contributed by atoms with E-state index in [0.717, 1.165) is 11.1 Å². The van der Waals surface area contributed by atoms with Crippen molar-refractivity contribution in [2.24, 2.45) is 5.10 Å². The van der Waals surface area contributed by atoms with Gasteiger partial charge < -0.3 is 9.47 Å². The number of hydrazone groups is 1. The van der Waals surface area contributed by atoms with Gasteiger partial charge in [0.05, 0.1) is 18.2 Å². The topological polar surface area (TPSA) is 103 Å². The molecular weight excluding hydrogens is 458 g/mol. The lowest BCUT2D eigenvalue weighted by Crippen LogP contribution is -2.17. The number of nitrogens with one attached hydrogen (secondary N) is 1. The van der Waals surface area contributed by atoms with E-state index in [1.54, 1.807) is 48.5 Å². The quantitative estimate of drug-likeness (QED) is 0.183. The molecular formula is C25H22ClN3O5. The first-order valence-corrected chi connectivity index (χ1v) is 10.6. The lowest BCUT2D eigenvalue weighted by atomic mass is 10.1. The number of ether oxygens (including phenoxy) is 2. The third-order valence-corrected chi connectivity index (χ3v) is 5.01. The van der Waals surface area contributed by atoms with E-state index in [4.69, 9.17) is 21.1 Å². The van der Waals surface area contributed by atoms with Crippen LogP contribution in [0.2, 0.25) is 5.02 Å². The van der Waals surface area contributed by atoms with Gasteiger partial charge in [-0.2, -0.15) is 5.10 Å². The molecule has 0 unspecified atom stereocenters. The molecule has 0 aliphatic rings. The predicted octanol–water partition coefficient (Wildman–Crippen LogP) is 5.33. The number of methoxy groups -OCH3 is 1. The Bertz CT molecular complexity index is 1210. The zero-order valence-corrected chi connectivity index (χ0v) is 19.1. The minimum atomic E-state index is -0.450. The van der Waals surface area contributed by atoms with Gasteiger partial charge in [0.1, 0.15) is 6.61 Å². The molecule has 9 heteroatoms. The van der Waals surface area contributed by atoms with E-state index >= 15 is 0 Å². The lowest BCUT2D eigenvalue weighted by Gasteiger charge is -2.16. The number of rotatable bonds is 10. The summed E-state index contributed by atoms with van der Waals surface area (Å²) in [5.41, 5.74) is 5.19. The first kappa shape index (κ1) is 24.5. The molecule has 0 bridgehead atoms. The Labute approximate surface area is 201 Å². The molecule has 174 valence electrons. The minimum absolute atomic E-state index is 0.0143. The third kappa shape index (κ3) is 6.43. The summed E-state index contributed by atoms with van der Waals surface area (Å²) in [6, 6.07) is 16.2. The molecule has 8 nitrogen and oxygen atoms in total. The maximum Gasteiger partial charge on any atom is 0.271 e. The van der Waals surface area contributed by atoms with Crippen LogP contribution in [0.15, 0.2) is 78.4 Å². The average molecular weight is 480 g/mol. The Morgan fingerprint density at radius 2 is 1.88 bits per heavy atom. The first-order chi connectivity index (χ1) is 16.4. The Hall–Kier alpha value is -4.17. The summed E-state index contributed by atoms with van der Waals surface area (Å²) < 4.78 is 11.5. The monoisotopic (exact) mass is 479 g/mol. The van der Waals surface area contributed by atoms with Crippen molar-refractivity contribution in [1.29, 1.82) is 0 Å². The van der Waals surface area contributed by atoms with Crippen LogP contribution in [0.25, 0.3) is 0 Å². The van der Waals surface area contributed by atoms with Crippen LogP contribution in [0.5, 0.6) is 11.5 Å². The molecule has 0 saturated carbocycles. The Morgan fingerprint density at radius 3 is 2.50 bits per heavy atom. The van der Waals surface area contributed by atoms with E-state index in [1.807, 2.05) is 6.07 Å². The number of hydrogen-bond acceptors (Lipinski definition) is 6. The van der Waals surface area contributed by atoms with Crippen molar-refractivity contribution in [3.8, 4) is 11.5 Å². The number of nitro benzene ring substituents is 1. The Balaban J connectivity index is 1.75. The van der Waals surface area contributed by atoms with E-state index in [9.17, 15) is 14.9 Å². The van der Waals surface area contributed by atoms with Gasteiger partial charge >= 0.3 is 0 Å². The van der Waals surface area contributed by atoms with E-state index in [2.05, 4.69) is 17.1 Å². The van der Waals surface area contributed by atoms with Crippen LogP contribution in [0.4, 0.5) is 5.69 Å². The molecule has 0 radical (unpaired) electrons. The molecule has 3 aromatic carbocycles. The van der Waals surface area contributed by atoms with Gasteiger partial charge in [-0.15, -0.1) is 6.58 Å². The van der Waals surface area contributed by atoms with E-state index in [-0.39, 0.29) is 18.2 Å². The van der Waals surface area contributed by atoms with Crippen molar-refractivity contribution in [3.63, 3.8) is 0 Å². The van der Waals surface area contributed by atoms with Crippen molar-refractivity contribution in [3.05, 3.63) is 111 Å². The van der Waals surface area contributed by atoms with Crippen molar-refractivity contribution < 1.29 is 19.2 Å². The predicted molar refractivity (Wildman–Crippen MR) is 131 cm³/mol. The number of nitrogens with zero attached hydrogens (tertiary/aromatic N) is 2. The second-order valence-electron chi connectivity index (χ2n) is 7.12. The third-order valence-electron chi connectivity index (χ3n) is 4.75. The largest absolute Gasteiger partial charge is 0.493 e. The normalized spacial score (nSPS) is 10.6. The average Bonchev–Trinajstić information content (AvgIpc) is 2.84. The molecule has 0 aromatic heterocycles. The highest BCUT2D eigenvalue weighted by atomic mass is 35.5. The highest BCUT2D eigenvalue weighted by molar-refractivity contribution is 6.30. The summed E-state index contributed by atoms with van der Waals surface area (Å²) in [6.07, 6.45) is 3.74. The number of amides is 1. The zero-order chi connectivity index (χ0) is 24.5. The molecule has 3 aromatic rings. The van der Waals surface area contributed by atoms with Gasteiger partial charge in [-0.3, -0.25) is 14.9 Å². The number of non-ortho nitro benzene ring substituents is 1. The summed E-state index contributed by atoms with van der Waals surface area (Å²) in [4.78, 5) is 22.6. The van der Waals surface area contributed by atoms with Gasteiger partial charge in [-0.1, -0.05) is 17.7 Å². The molecule has 34 heavy (non-hydrogen) atoms. The number of carbonyl (C=O) groups excluding carboxylic acids is 1. The van der Waals surface area contributed by atoms with Gasteiger partial charge in [-0.25, -0.2) is 5.43 Å². The van der Waals surface area contributed by atoms with Gasteiger partial charge in [-0.05, 0) is 66.1 Å².